The van der Waals surface area contributed by atoms with Crippen LogP contribution in [0.25, 0.3) is 0 Å². The van der Waals surface area contributed by atoms with Crippen LogP contribution in [0.5, 0.6) is 0 Å². The van der Waals surface area contributed by atoms with Gasteiger partial charge in [0.15, 0.2) is 0 Å². The van der Waals surface area contributed by atoms with Gasteiger partial charge in [0, 0.05) is 37.7 Å². The van der Waals surface area contributed by atoms with Gasteiger partial charge in [-0.25, -0.2) is 9.97 Å². The molecule has 0 unspecified atom stereocenters. The van der Waals surface area contributed by atoms with E-state index in [1.165, 1.54) is 44.9 Å². The van der Waals surface area contributed by atoms with Crippen LogP contribution in [0, 0.1) is 5.92 Å². The Morgan fingerprint density at radius 2 is 2.00 bits per heavy atom. The number of amides is 1. The summed E-state index contributed by atoms with van der Waals surface area (Å²) in [5.41, 5.74) is 2.29. The van der Waals surface area contributed by atoms with Crippen LogP contribution in [0.3, 0.4) is 0 Å². The third kappa shape index (κ3) is 4.02. The van der Waals surface area contributed by atoms with Gasteiger partial charge in [0.05, 0.1) is 11.7 Å². The van der Waals surface area contributed by atoms with Crippen molar-refractivity contribution < 1.29 is 4.79 Å². The van der Waals surface area contributed by atoms with Crippen molar-refractivity contribution in [1.29, 1.82) is 0 Å². The first-order chi connectivity index (χ1) is 12.3. The molecule has 136 valence electrons. The summed E-state index contributed by atoms with van der Waals surface area (Å²) in [5.74, 6) is 1.88. The molecular formula is C20H30N4O. The van der Waals surface area contributed by atoms with Crippen molar-refractivity contribution >= 4 is 5.91 Å². The first-order valence-electron chi connectivity index (χ1n) is 10.2. The van der Waals surface area contributed by atoms with Crippen LogP contribution in [0.1, 0.15) is 80.9 Å². The zero-order chi connectivity index (χ0) is 17.1. The molecule has 1 saturated heterocycles. The van der Waals surface area contributed by atoms with Crippen molar-refractivity contribution in [3.05, 3.63) is 23.3 Å². The van der Waals surface area contributed by atoms with Crippen molar-refractivity contribution in [2.24, 2.45) is 5.92 Å². The monoisotopic (exact) mass is 342 g/mol. The second kappa shape index (κ2) is 7.81. The highest BCUT2D eigenvalue weighted by Crippen LogP contribution is 2.28. The number of piperidine rings is 1. The molecule has 5 nitrogen and oxygen atoms in total. The number of fused-ring (bicyclic) bond motifs is 1. The van der Waals surface area contributed by atoms with E-state index >= 15 is 0 Å². The SMILES string of the molecule is O=C(CC1CCCCC1)N1CCc2nc([C@H]3CCCCN3)ncc2C1. The van der Waals surface area contributed by atoms with E-state index < -0.39 is 0 Å². The maximum Gasteiger partial charge on any atom is 0.223 e. The summed E-state index contributed by atoms with van der Waals surface area (Å²) in [6.07, 6.45) is 13.6. The number of carbonyl (C=O) groups is 1. The van der Waals surface area contributed by atoms with Crippen LogP contribution in [-0.4, -0.2) is 33.9 Å². The van der Waals surface area contributed by atoms with E-state index in [1.54, 1.807) is 0 Å². The fourth-order valence-corrected chi connectivity index (χ4v) is 4.55. The molecule has 0 aromatic carbocycles. The van der Waals surface area contributed by atoms with E-state index in [1.807, 2.05) is 11.1 Å². The van der Waals surface area contributed by atoms with Gasteiger partial charge in [0.25, 0.3) is 0 Å². The molecule has 1 N–H and O–H groups in total. The Hall–Kier alpha value is -1.49. The number of carbonyl (C=O) groups excluding carboxylic acids is 1. The molecule has 4 rings (SSSR count). The lowest BCUT2D eigenvalue weighted by Crippen LogP contribution is -2.38. The molecular weight excluding hydrogens is 312 g/mol. The summed E-state index contributed by atoms with van der Waals surface area (Å²) < 4.78 is 0. The average Bonchev–Trinajstić information content (AvgIpc) is 2.68. The summed E-state index contributed by atoms with van der Waals surface area (Å²) in [4.78, 5) is 24.1. The van der Waals surface area contributed by atoms with E-state index in [4.69, 9.17) is 4.98 Å². The molecule has 1 atom stereocenters. The maximum absolute atomic E-state index is 12.7. The summed E-state index contributed by atoms with van der Waals surface area (Å²) in [7, 11) is 0. The van der Waals surface area contributed by atoms with Gasteiger partial charge in [-0.2, -0.15) is 0 Å². The molecule has 2 fully saturated rings. The minimum absolute atomic E-state index is 0.310. The average molecular weight is 342 g/mol. The van der Waals surface area contributed by atoms with E-state index in [2.05, 4.69) is 10.3 Å². The Morgan fingerprint density at radius 3 is 2.80 bits per heavy atom. The summed E-state index contributed by atoms with van der Waals surface area (Å²) in [6, 6.07) is 0.310. The summed E-state index contributed by atoms with van der Waals surface area (Å²) in [5, 5.41) is 3.53. The topological polar surface area (TPSA) is 58.1 Å². The van der Waals surface area contributed by atoms with Crippen LogP contribution in [-0.2, 0) is 17.8 Å². The van der Waals surface area contributed by atoms with E-state index in [0.717, 1.165) is 49.4 Å². The summed E-state index contributed by atoms with van der Waals surface area (Å²) in [6.45, 7) is 2.57. The van der Waals surface area contributed by atoms with E-state index in [0.29, 0.717) is 24.4 Å². The molecule has 0 bridgehead atoms. The fourth-order valence-electron chi connectivity index (χ4n) is 4.55. The van der Waals surface area contributed by atoms with Crippen LogP contribution in [0.4, 0.5) is 0 Å². The standard InChI is InChI=1S/C20H30N4O/c25-19(12-15-6-2-1-3-7-15)24-11-9-17-16(14-24)13-22-20(23-17)18-8-4-5-10-21-18/h13,15,18,21H,1-12,14H2/t18-/m1/s1. The van der Waals surface area contributed by atoms with E-state index in [9.17, 15) is 4.79 Å². The van der Waals surface area contributed by atoms with Crippen molar-refractivity contribution in [3.8, 4) is 0 Å². The Balaban J connectivity index is 1.38. The minimum atomic E-state index is 0.310. The second-order valence-corrected chi connectivity index (χ2v) is 7.98. The predicted octanol–water partition coefficient (Wildman–Crippen LogP) is 3.15. The third-order valence-electron chi connectivity index (χ3n) is 6.12. The molecule has 5 heteroatoms. The molecule has 3 aliphatic rings. The predicted molar refractivity (Wildman–Crippen MR) is 96.9 cm³/mol. The van der Waals surface area contributed by atoms with Crippen LogP contribution >= 0.6 is 0 Å². The number of hydrogen-bond acceptors (Lipinski definition) is 4. The molecule has 0 spiro atoms. The van der Waals surface area contributed by atoms with Crippen LogP contribution in [0.2, 0.25) is 0 Å². The lowest BCUT2D eigenvalue weighted by Gasteiger charge is -2.31. The highest BCUT2D eigenvalue weighted by atomic mass is 16.2. The van der Waals surface area contributed by atoms with Gasteiger partial charge in [-0.3, -0.25) is 4.79 Å². The smallest absolute Gasteiger partial charge is 0.223 e. The molecule has 1 aromatic heterocycles. The Bertz CT molecular complexity index is 606. The number of aromatic nitrogens is 2. The van der Waals surface area contributed by atoms with Gasteiger partial charge < -0.3 is 10.2 Å². The van der Waals surface area contributed by atoms with Gasteiger partial charge >= 0.3 is 0 Å². The van der Waals surface area contributed by atoms with Gasteiger partial charge in [-0.1, -0.05) is 25.7 Å². The largest absolute Gasteiger partial charge is 0.338 e. The first kappa shape index (κ1) is 17.0. The lowest BCUT2D eigenvalue weighted by molar-refractivity contribution is -0.133. The lowest BCUT2D eigenvalue weighted by atomic mass is 9.86. The molecule has 2 aliphatic heterocycles. The minimum Gasteiger partial charge on any atom is -0.338 e. The molecule has 1 aromatic rings. The number of nitrogens with one attached hydrogen (secondary N) is 1. The van der Waals surface area contributed by atoms with Crippen molar-refractivity contribution in [2.45, 2.75) is 76.8 Å². The van der Waals surface area contributed by atoms with Crippen LogP contribution < -0.4 is 5.32 Å². The molecule has 1 amide bonds. The maximum atomic E-state index is 12.7. The van der Waals surface area contributed by atoms with Gasteiger partial charge in [-0.15, -0.1) is 0 Å². The molecule has 1 saturated carbocycles. The van der Waals surface area contributed by atoms with Crippen molar-refractivity contribution in [1.82, 2.24) is 20.2 Å². The summed E-state index contributed by atoms with van der Waals surface area (Å²) >= 11 is 0. The molecule has 3 heterocycles. The highest BCUT2D eigenvalue weighted by molar-refractivity contribution is 5.76. The van der Waals surface area contributed by atoms with Crippen LogP contribution in [0.15, 0.2) is 6.20 Å². The van der Waals surface area contributed by atoms with Gasteiger partial charge in [0.2, 0.25) is 5.91 Å². The normalized spacial score (nSPS) is 24.8. The molecule has 25 heavy (non-hydrogen) atoms. The number of nitrogens with zero attached hydrogens (tertiary/aromatic N) is 3. The van der Waals surface area contributed by atoms with Gasteiger partial charge in [0.1, 0.15) is 5.82 Å². The second-order valence-electron chi connectivity index (χ2n) is 7.98. The van der Waals surface area contributed by atoms with Crippen molar-refractivity contribution in [3.63, 3.8) is 0 Å². The Kier molecular flexibility index (Phi) is 5.30. The zero-order valence-corrected chi connectivity index (χ0v) is 15.2. The first-order valence-corrected chi connectivity index (χ1v) is 10.2. The quantitative estimate of drug-likeness (QED) is 0.917. The van der Waals surface area contributed by atoms with Crippen molar-refractivity contribution in [2.75, 3.05) is 13.1 Å². The van der Waals surface area contributed by atoms with E-state index in [-0.39, 0.29) is 0 Å². The number of rotatable bonds is 3. The Morgan fingerprint density at radius 1 is 1.16 bits per heavy atom. The molecule has 0 radical (unpaired) electrons. The zero-order valence-electron chi connectivity index (χ0n) is 15.2. The number of hydrogen-bond donors (Lipinski definition) is 1. The molecule has 1 aliphatic carbocycles. The Labute approximate surface area is 150 Å². The highest BCUT2D eigenvalue weighted by Gasteiger charge is 2.26. The van der Waals surface area contributed by atoms with Gasteiger partial charge in [-0.05, 0) is 38.1 Å². The fraction of sp³-hybridized carbons (Fsp3) is 0.750. The third-order valence-corrected chi connectivity index (χ3v) is 6.12.